The number of rotatable bonds is 8. The molecule has 10 heteroatoms. The van der Waals surface area contributed by atoms with E-state index in [1.54, 1.807) is 7.11 Å². The number of amides is 1. The van der Waals surface area contributed by atoms with Crippen LogP contribution in [0.5, 0.6) is 5.75 Å². The number of primary amides is 1. The molecule has 5 N–H and O–H groups in total. The van der Waals surface area contributed by atoms with Crippen LogP contribution >= 0.6 is 0 Å². The number of aromatic nitrogens is 4. The summed E-state index contributed by atoms with van der Waals surface area (Å²) in [6.45, 7) is 0.629. The first kappa shape index (κ1) is 27.2. The van der Waals surface area contributed by atoms with Gasteiger partial charge < -0.3 is 26.2 Å². The zero-order chi connectivity index (χ0) is 28.9. The second-order valence-corrected chi connectivity index (χ2v) is 11.9. The standard InChI is InChI=1S/C31H37N7O3/c1-37(2)17-30(40)13-11-21(12-14-30)38-28-25(27(32)34-18-35-28)26(36-38)20-9-10-22(24(15-20)41-3)31(29(33)39)16-23(31)19-7-5-4-6-8-19/h4-10,15,18,21,23,40H,11-14,16-17H2,1-3H3,(H2,33,39)(H2,32,34,35). The molecule has 4 aromatic rings. The van der Waals surface area contributed by atoms with Crippen LogP contribution in [-0.2, 0) is 10.2 Å². The fourth-order valence-electron chi connectivity index (χ4n) is 6.84. The van der Waals surface area contributed by atoms with Gasteiger partial charge in [-0.25, -0.2) is 14.6 Å². The maximum Gasteiger partial charge on any atom is 0.228 e. The lowest BCUT2D eigenvalue weighted by atomic mass is 9.82. The summed E-state index contributed by atoms with van der Waals surface area (Å²) in [5.41, 5.74) is 14.8. The van der Waals surface area contributed by atoms with Crippen LogP contribution in [0.1, 0.15) is 55.2 Å². The summed E-state index contributed by atoms with van der Waals surface area (Å²) in [5.74, 6) is 0.544. The number of nitrogen functional groups attached to an aromatic ring is 1. The average Bonchev–Trinajstić information content (AvgIpc) is 3.60. The third kappa shape index (κ3) is 4.61. The van der Waals surface area contributed by atoms with E-state index in [4.69, 9.17) is 21.3 Å². The third-order valence-electron chi connectivity index (χ3n) is 8.92. The molecule has 0 aliphatic heterocycles. The van der Waals surface area contributed by atoms with Gasteiger partial charge in [0.25, 0.3) is 0 Å². The molecule has 2 aliphatic carbocycles. The minimum atomic E-state index is -0.833. The van der Waals surface area contributed by atoms with Crippen LogP contribution in [-0.4, -0.2) is 69.0 Å². The molecule has 2 aromatic heterocycles. The van der Waals surface area contributed by atoms with Crippen LogP contribution in [0.2, 0.25) is 0 Å². The fourth-order valence-corrected chi connectivity index (χ4v) is 6.84. The first-order valence-corrected chi connectivity index (χ1v) is 14.1. The van der Waals surface area contributed by atoms with Gasteiger partial charge >= 0.3 is 0 Å². The number of carbonyl (C=O) groups is 1. The van der Waals surface area contributed by atoms with Gasteiger partial charge in [-0.1, -0.05) is 42.5 Å². The number of anilines is 1. The molecular formula is C31H37N7O3. The lowest BCUT2D eigenvalue weighted by molar-refractivity contribution is -0.120. The number of carbonyl (C=O) groups excluding carboxylic acids is 1. The molecule has 214 valence electrons. The Labute approximate surface area is 239 Å². The lowest BCUT2D eigenvalue weighted by Gasteiger charge is -2.37. The van der Waals surface area contributed by atoms with Crippen molar-refractivity contribution in [3.63, 3.8) is 0 Å². The molecule has 2 aliphatic rings. The van der Waals surface area contributed by atoms with E-state index in [1.165, 1.54) is 6.33 Å². The SMILES string of the molecule is COc1cc(-c2nn(C3CCC(O)(CN(C)C)CC3)c3ncnc(N)c23)ccc1C1(C(N)=O)CC1c1ccccc1. The first-order valence-electron chi connectivity index (χ1n) is 14.1. The summed E-state index contributed by atoms with van der Waals surface area (Å²) in [6.07, 6.45) is 4.98. The third-order valence-corrected chi connectivity index (χ3v) is 8.92. The summed E-state index contributed by atoms with van der Waals surface area (Å²) in [7, 11) is 5.56. The van der Waals surface area contributed by atoms with Crippen LogP contribution < -0.4 is 16.2 Å². The number of aliphatic hydroxyl groups is 1. The van der Waals surface area contributed by atoms with Crippen molar-refractivity contribution in [2.24, 2.45) is 5.73 Å². The predicted octanol–water partition coefficient (Wildman–Crippen LogP) is 3.40. The second-order valence-electron chi connectivity index (χ2n) is 11.9. The highest BCUT2D eigenvalue weighted by Gasteiger charge is 2.61. The van der Waals surface area contributed by atoms with Crippen molar-refractivity contribution in [3.8, 4) is 17.0 Å². The van der Waals surface area contributed by atoms with Crippen molar-refractivity contribution in [2.45, 2.75) is 55.1 Å². The Morgan fingerprint density at radius 3 is 2.54 bits per heavy atom. The first-order chi connectivity index (χ1) is 19.7. The maximum absolute atomic E-state index is 12.9. The normalized spacial score (nSPS) is 25.9. The van der Waals surface area contributed by atoms with E-state index in [0.29, 0.717) is 54.1 Å². The van der Waals surface area contributed by atoms with Crippen LogP contribution in [0.15, 0.2) is 54.9 Å². The van der Waals surface area contributed by atoms with Gasteiger partial charge in [0.05, 0.1) is 29.6 Å². The lowest BCUT2D eigenvalue weighted by Crippen LogP contribution is -2.43. The Balaban J connectivity index is 1.38. The largest absolute Gasteiger partial charge is 0.496 e. The maximum atomic E-state index is 12.9. The summed E-state index contributed by atoms with van der Waals surface area (Å²) < 4.78 is 7.79. The molecule has 0 saturated heterocycles. The number of likely N-dealkylation sites (N-methyl/N-ethyl adjacent to an activating group) is 1. The van der Waals surface area contributed by atoms with Gasteiger partial charge in [-0.05, 0) is 57.8 Å². The van der Waals surface area contributed by atoms with E-state index in [-0.39, 0.29) is 17.9 Å². The molecule has 6 rings (SSSR count). The van der Waals surface area contributed by atoms with Crippen molar-refractivity contribution < 1.29 is 14.6 Å². The molecule has 2 unspecified atom stereocenters. The van der Waals surface area contributed by atoms with E-state index in [1.807, 2.05) is 72.2 Å². The Bertz CT molecular complexity index is 1590. The average molecular weight is 556 g/mol. The Morgan fingerprint density at radius 2 is 1.88 bits per heavy atom. The van der Waals surface area contributed by atoms with E-state index in [2.05, 4.69) is 9.97 Å². The molecule has 0 spiro atoms. The fraction of sp³-hybridized carbons (Fsp3) is 0.419. The molecule has 2 atom stereocenters. The van der Waals surface area contributed by atoms with Gasteiger partial charge in [0, 0.05) is 23.6 Å². The minimum absolute atomic E-state index is 0.0116. The summed E-state index contributed by atoms with van der Waals surface area (Å²) in [5, 5.41) is 16.8. The van der Waals surface area contributed by atoms with Crippen LogP contribution in [0.25, 0.3) is 22.3 Å². The summed E-state index contributed by atoms with van der Waals surface area (Å²) in [4.78, 5) is 23.7. The minimum Gasteiger partial charge on any atom is -0.496 e. The number of nitrogens with two attached hydrogens (primary N) is 2. The molecule has 2 heterocycles. The number of hydrogen-bond acceptors (Lipinski definition) is 8. The summed E-state index contributed by atoms with van der Waals surface area (Å²) in [6, 6.07) is 15.8. The van der Waals surface area contributed by atoms with Gasteiger partial charge in [0.1, 0.15) is 23.6 Å². The molecule has 2 fully saturated rings. The van der Waals surface area contributed by atoms with Crippen molar-refractivity contribution in [1.82, 2.24) is 24.6 Å². The van der Waals surface area contributed by atoms with E-state index < -0.39 is 11.0 Å². The number of nitrogens with zero attached hydrogens (tertiary/aromatic N) is 5. The quantitative estimate of drug-likeness (QED) is 0.300. The van der Waals surface area contributed by atoms with Crippen molar-refractivity contribution >= 4 is 22.8 Å². The topological polar surface area (TPSA) is 145 Å². The van der Waals surface area contributed by atoms with E-state index in [0.717, 1.165) is 29.5 Å². The number of ether oxygens (including phenoxy) is 1. The summed E-state index contributed by atoms with van der Waals surface area (Å²) >= 11 is 0. The number of fused-ring (bicyclic) bond motifs is 1. The smallest absolute Gasteiger partial charge is 0.228 e. The zero-order valence-corrected chi connectivity index (χ0v) is 23.7. The van der Waals surface area contributed by atoms with Crippen molar-refractivity contribution in [3.05, 3.63) is 66.0 Å². The Kier molecular flexibility index (Phi) is 6.70. The monoisotopic (exact) mass is 555 g/mol. The highest BCUT2D eigenvalue weighted by molar-refractivity contribution is 5.99. The molecule has 2 saturated carbocycles. The van der Waals surface area contributed by atoms with Crippen molar-refractivity contribution in [2.75, 3.05) is 33.5 Å². The highest BCUT2D eigenvalue weighted by Crippen LogP contribution is 2.62. The number of benzene rings is 2. The van der Waals surface area contributed by atoms with Gasteiger partial charge in [-0.15, -0.1) is 0 Å². The van der Waals surface area contributed by atoms with E-state index >= 15 is 0 Å². The number of hydrogen-bond donors (Lipinski definition) is 3. The Hall–Kier alpha value is -4.02. The van der Waals surface area contributed by atoms with Gasteiger partial charge in [0.15, 0.2) is 5.65 Å². The second kappa shape index (κ2) is 10.1. The van der Waals surface area contributed by atoms with Crippen LogP contribution in [0.3, 0.4) is 0 Å². The zero-order valence-electron chi connectivity index (χ0n) is 23.7. The molecule has 0 radical (unpaired) electrons. The molecule has 2 aromatic carbocycles. The molecule has 10 nitrogen and oxygen atoms in total. The van der Waals surface area contributed by atoms with Crippen LogP contribution in [0, 0.1) is 0 Å². The van der Waals surface area contributed by atoms with Gasteiger partial charge in [0.2, 0.25) is 5.91 Å². The number of methoxy groups -OCH3 is 1. The molecular weight excluding hydrogens is 518 g/mol. The van der Waals surface area contributed by atoms with Crippen molar-refractivity contribution in [1.29, 1.82) is 0 Å². The van der Waals surface area contributed by atoms with Gasteiger partial charge in [-0.3, -0.25) is 4.79 Å². The predicted molar refractivity (Wildman–Crippen MR) is 157 cm³/mol. The molecule has 41 heavy (non-hydrogen) atoms. The Morgan fingerprint density at radius 1 is 1.15 bits per heavy atom. The van der Waals surface area contributed by atoms with Gasteiger partial charge in [-0.2, -0.15) is 5.10 Å². The highest BCUT2D eigenvalue weighted by atomic mass is 16.5. The van der Waals surface area contributed by atoms with Crippen LogP contribution in [0.4, 0.5) is 5.82 Å². The van der Waals surface area contributed by atoms with E-state index in [9.17, 15) is 9.90 Å². The molecule has 0 bridgehead atoms. The molecule has 1 amide bonds.